The topological polar surface area (TPSA) is 83.8 Å². The Morgan fingerprint density at radius 3 is 2.51 bits per heavy atom. The van der Waals surface area contributed by atoms with Crippen molar-refractivity contribution in [3.8, 4) is 0 Å². The Kier molecular flexibility index (Phi) is 4.91. The van der Waals surface area contributed by atoms with E-state index in [0.717, 1.165) is 35.4 Å². The number of pyridine rings is 1. The minimum Gasteiger partial charge on any atom is -0.388 e. The Balaban J connectivity index is 1.40. The molecule has 0 amide bonds. The van der Waals surface area contributed by atoms with Gasteiger partial charge < -0.3 is 15.5 Å². The Hall–Kier alpha value is -2.81. The molecule has 2 bridgehead atoms. The highest BCUT2D eigenvalue weighted by Crippen LogP contribution is 2.78. The summed E-state index contributed by atoms with van der Waals surface area (Å²) < 4.78 is 46.7. The summed E-state index contributed by atoms with van der Waals surface area (Å²) in [7, 11) is 0. The average molecular weight is 484 g/mol. The standard InChI is InChI=1S/C26H28F3N5O/c1-14-15(2)33-22-20(32-14)8-19(34-23(22)24-11-25(12-24,13-24)26(27,28)29)16-5-6-35-21(7-16)17(9-30)10-31-18-3-4-18/h7-10,18,21,30-31H,3-6,11-13H2,1-2H3/b17-10+,30-9?/t21-,24-,25+/m1/s1. The first-order valence-electron chi connectivity index (χ1n) is 12.2. The molecular weight excluding hydrogens is 455 g/mol. The van der Waals surface area contributed by atoms with Crippen molar-refractivity contribution in [1.29, 1.82) is 5.41 Å². The fourth-order valence-corrected chi connectivity index (χ4v) is 5.79. The molecule has 0 unspecified atom stereocenters. The predicted molar refractivity (Wildman–Crippen MR) is 126 cm³/mol. The number of ether oxygens (including phenoxy) is 1. The Morgan fingerprint density at radius 2 is 1.86 bits per heavy atom. The van der Waals surface area contributed by atoms with E-state index in [2.05, 4.69) is 5.32 Å². The van der Waals surface area contributed by atoms with Gasteiger partial charge in [-0.2, -0.15) is 13.2 Å². The SMILES string of the molecule is Cc1nc2cc(C3=C[C@H](/C(C=N)=C/NC4CC4)OCC3)nc([C@]34C[C@](C(F)(F)F)(C3)C4)c2nc1C. The maximum Gasteiger partial charge on any atom is 0.394 e. The number of hydrogen-bond acceptors (Lipinski definition) is 6. The second-order valence-electron chi connectivity index (χ2n) is 10.7. The Morgan fingerprint density at radius 1 is 1.14 bits per heavy atom. The van der Waals surface area contributed by atoms with Gasteiger partial charge in [-0.15, -0.1) is 0 Å². The molecule has 6 nitrogen and oxygen atoms in total. The molecule has 0 saturated heterocycles. The van der Waals surface area contributed by atoms with E-state index in [9.17, 15) is 13.2 Å². The molecule has 2 aromatic rings. The molecule has 1 aliphatic heterocycles. The highest BCUT2D eigenvalue weighted by molar-refractivity contribution is 5.84. The van der Waals surface area contributed by atoms with Crippen molar-refractivity contribution >= 4 is 22.8 Å². The average Bonchev–Trinajstić information content (AvgIpc) is 3.57. The Labute approximate surface area is 201 Å². The lowest BCUT2D eigenvalue weighted by molar-refractivity contribution is -0.337. The number of alkyl halides is 3. The molecule has 4 aliphatic carbocycles. The number of fused-ring (bicyclic) bond motifs is 1. The summed E-state index contributed by atoms with van der Waals surface area (Å²) in [5, 5.41) is 11.1. The molecule has 35 heavy (non-hydrogen) atoms. The van der Waals surface area contributed by atoms with Gasteiger partial charge in [0.2, 0.25) is 0 Å². The van der Waals surface area contributed by atoms with Crippen molar-refractivity contribution in [1.82, 2.24) is 20.3 Å². The first-order chi connectivity index (χ1) is 16.6. The van der Waals surface area contributed by atoms with Crippen LogP contribution in [0.25, 0.3) is 16.6 Å². The maximum atomic E-state index is 13.6. The molecule has 184 valence electrons. The zero-order valence-corrected chi connectivity index (χ0v) is 19.8. The summed E-state index contributed by atoms with van der Waals surface area (Å²) in [6.45, 7) is 4.23. The summed E-state index contributed by atoms with van der Waals surface area (Å²) in [4.78, 5) is 14.4. The van der Waals surface area contributed by atoms with Crippen molar-refractivity contribution in [3.63, 3.8) is 0 Å². The van der Waals surface area contributed by atoms with Gasteiger partial charge in [-0.25, -0.2) is 9.97 Å². The number of rotatable bonds is 6. The first kappa shape index (κ1) is 22.6. The van der Waals surface area contributed by atoms with Gasteiger partial charge >= 0.3 is 6.18 Å². The van der Waals surface area contributed by atoms with Gasteiger partial charge in [0.1, 0.15) is 11.6 Å². The second kappa shape index (κ2) is 7.59. The third kappa shape index (κ3) is 3.58. The lowest BCUT2D eigenvalue weighted by atomic mass is 9.34. The number of aromatic nitrogens is 3. The van der Waals surface area contributed by atoms with Crippen LogP contribution in [-0.2, 0) is 10.2 Å². The lowest BCUT2D eigenvalue weighted by Crippen LogP contribution is -2.70. The monoisotopic (exact) mass is 483 g/mol. The van der Waals surface area contributed by atoms with E-state index in [1.54, 1.807) is 0 Å². The third-order valence-electron chi connectivity index (χ3n) is 8.11. The Bertz CT molecular complexity index is 1270. The van der Waals surface area contributed by atoms with Gasteiger partial charge in [-0.05, 0) is 70.1 Å². The number of hydrogen-bond donors (Lipinski definition) is 2. The zero-order valence-electron chi connectivity index (χ0n) is 19.8. The molecule has 9 heteroatoms. The minimum absolute atomic E-state index is 0.0714. The number of aryl methyl sites for hydroxylation is 2. The molecule has 0 radical (unpaired) electrons. The van der Waals surface area contributed by atoms with Crippen molar-refractivity contribution in [3.05, 3.63) is 46.7 Å². The van der Waals surface area contributed by atoms with Crippen LogP contribution < -0.4 is 5.32 Å². The summed E-state index contributed by atoms with van der Waals surface area (Å²) in [5.74, 6) is 0. The van der Waals surface area contributed by atoms with Crippen LogP contribution >= 0.6 is 0 Å². The second-order valence-corrected chi connectivity index (χ2v) is 10.7. The number of nitrogens with one attached hydrogen (secondary N) is 2. The highest BCUT2D eigenvalue weighted by Gasteiger charge is 2.79. The normalized spacial score (nSPS) is 30.4. The van der Waals surface area contributed by atoms with Gasteiger partial charge in [0.25, 0.3) is 0 Å². The molecule has 1 atom stereocenters. The van der Waals surface area contributed by atoms with Crippen molar-refractivity contribution in [2.24, 2.45) is 5.41 Å². The van der Waals surface area contributed by atoms with Crippen LogP contribution in [0.2, 0.25) is 0 Å². The van der Waals surface area contributed by atoms with Gasteiger partial charge in [-0.1, -0.05) is 0 Å². The van der Waals surface area contributed by atoms with E-state index in [1.807, 2.05) is 32.2 Å². The molecule has 0 spiro atoms. The minimum atomic E-state index is -4.18. The largest absolute Gasteiger partial charge is 0.394 e. The smallest absolute Gasteiger partial charge is 0.388 e. The van der Waals surface area contributed by atoms with Crippen LogP contribution in [0, 0.1) is 24.7 Å². The molecular formula is C26H28F3N5O. The van der Waals surface area contributed by atoms with E-state index in [4.69, 9.17) is 25.1 Å². The first-order valence-corrected chi connectivity index (χ1v) is 12.2. The molecule has 5 aliphatic rings. The summed E-state index contributed by atoms with van der Waals surface area (Å²) >= 11 is 0. The predicted octanol–water partition coefficient (Wildman–Crippen LogP) is 5.08. The van der Waals surface area contributed by atoms with Gasteiger partial charge in [0.15, 0.2) is 0 Å². The fourth-order valence-electron chi connectivity index (χ4n) is 5.79. The van der Waals surface area contributed by atoms with E-state index >= 15 is 0 Å². The summed E-state index contributed by atoms with van der Waals surface area (Å²) in [6, 6.07) is 2.37. The van der Waals surface area contributed by atoms with Gasteiger partial charge in [0, 0.05) is 29.4 Å². The molecule has 2 N–H and O–H groups in total. The lowest BCUT2D eigenvalue weighted by Gasteiger charge is -2.70. The van der Waals surface area contributed by atoms with Gasteiger partial charge in [-0.3, -0.25) is 4.98 Å². The van der Waals surface area contributed by atoms with Crippen molar-refractivity contribution in [2.75, 3.05) is 6.61 Å². The van der Waals surface area contributed by atoms with Crippen LogP contribution in [0.15, 0.2) is 23.9 Å². The van der Waals surface area contributed by atoms with E-state index in [1.165, 1.54) is 6.21 Å². The molecule has 4 fully saturated rings. The van der Waals surface area contributed by atoms with Crippen LogP contribution in [0.1, 0.15) is 61.3 Å². The molecule has 2 aromatic heterocycles. The molecule has 7 rings (SSSR count). The van der Waals surface area contributed by atoms with Crippen LogP contribution in [0.4, 0.5) is 13.2 Å². The van der Waals surface area contributed by atoms with E-state index in [-0.39, 0.29) is 25.4 Å². The highest BCUT2D eigenvalue weighted by atomic mass is 19.4. The van der Waals surface area contributed by atoms with E-state index < -0.39 is 17.0 Å². The van der Waals surface area contributed by atoms with Gasteiger partial charge in [0.05, 0.1) is 40.3 Å². The molecule has 4 saturated carbocycles. The zero-order chi connectivity index (χ0) is 24.6. The van der Waals surface area contributed by atoms with Crippen molar-refractivity contribution in [2.45, 2.75) is 76.1 Å². The third-order valence-corrected chi connectivity index (χ3v) is 8.11. The summed E-state index contributed by atoms with van der Waals surface area (Å²) in [5.41, 5.74) is 3.74. The van der Waals surface area contributed by atoms with Crippen LogP contribution in [0.3, 0.4) is 0 Å². The van der Waals surface area contributed by atoms with Crippen LogP contribution in [-0.4, -0.2) is 46.1 Å². The molecule has 0 aromatic carbocycles. The van der Waals surface area contributed by atoms with Crippen LogP contribution in [0.5, 0.6) is 0 Å². The maximum absolute atomic E-state index is 13.6. The van der Waals surface area contributed by atoms with E-state index in [0.29, 0.717) is 41.5 Å². The quantitative estimate of drug-likeness (QED) is 0.560. The number of nitrogens with zero attached hydrogens (tertiary/aromatic N) is 3. The number of halogens is 3. The molecule has 3 heterocycles. The van der Waals surface area contributed by atoms with Crippen molar-refractivity contribution < 1.29 is 17.9 Å². The summed E-state index contributed by atoms with van der Waals surface area (Å²) in [6.07, 6.45) is 3.68. The fraction of sp³-hybridized carbons (Fsp3) is 0.538.